The summed E-state index contributed by atoms with van der Waals surface area (Å²) in [7, 11) is 0. The summed E-state index contributed by atoms with van der Waals surface area (Å²) in [6.45, 7) is 1.67. The van der Waals surface area contributed by atoms with E-state index in [0.29, 0.717) is 28.3 Å². The van der Waals surface area contributed by atoms with Crippen molar-refractivity contribution in [1.29, 1.82) is 0 Å². The first kappa shape index (κ1) is 13.2. The van der Waals surface area contributed by atoms with E-state index in [1.807, 2.05) is 0 Å². The Morgan fingerprint density at radius 3 is 3.05 bits per heavy atom. The third-order valence-electron chi connectivity index (χ3n) is 3.63. The molecule has 0 amide bonds. The quantitative estimate of drug-likeness (QED) is 0.775. The highest BCUT2D eigenvalue weighted by Crippen LogP contribution is 2.39. The van der Waals surface area contributed by atoms with Gasteiger partial charge in [-0.25, -0.2) is 9.97 Å². The van der Waals surface area contributed by atoms with E-state index in [-0.39, 0.29) is 0 Å². The molecule has 20 heavy (non-hydrogen) atoms. The average Bonchev–Trinajstić information content (AvgIpc) is 2.90. The second kappa shape index (κ2) is 4.35. The lowest BCUT2D eigenvalue weighted by atomic mass is 10.0. The first-order chi connectivity index (χ1) is 9.46. The Kier molecular flexibility index (Phi) is 2.87. The van der Waals surface area contributed by atoms with E-state index < -0.39 is 17.9 Å². The molecule has 6 nitrogen and oxygen atoms in total. The standard InChI is InChI=1S/C13H13ClN4O2/c1-3-13(2)8(19)4-9(20-13)18-5-7(14)10-11(15)16-6-17-12(10)18/h1,5-6,8-9,19H,4H2,2H3,(H2,15,16,17)/t8-,9+,13+/m0/s1. The number of aliphatic hydroxyl groups is 1. The fourth-order valence-electron chi connectivity index (χ4n) is 2.41. The number of rotatable bonds is 1. The van der Waals surface area contributed by atoms with Crippen molar-refractivity contribution in [2.75, 3.05) is 5.73 Å². The van der Waals surface area contributed by atoms with Gasteiger partial charge in [-0.15, -0.1) is 6.42 Å². The molecule has 3 atom stereocenters. The molecule has 7 heteroatoms. The zero-order chi connectivity index (χ0) is 14.5. The molecule has 0 aromatic carbocycles. The molecule has 0 aliphatic carbocycles. The summed E-state index contributed by atoms with van der Waals surface area (Å²) < 4.78 is 7.50. The molecule has 3 heterocycles. The maximum atomic E-state index is 10.0. The van der Waals surface area contributed by atoms with Gasteiger partial charge in [-0.2, -0.15) is 0 Å². The molecule has 3 rings (SSSR count). The predicted octanol–water partition coefficient (Wildman–Crippen LogP) is 1.34. The molecule has 1 aliphatic rings. The second-order valence-electron chi connectivity index (χ2n) is 4.92. The fraction of sp³-hybridized carbons (Fsp3) is 0.385. The van der Waals surface area contributed by atoms with E-state index >= 15 is 0 Å². The summed E-state index contributed by atoms with van der Waals surface area (Å²) in [4.78, 5) is 8.09. The number of nitrogen functional groups attached to an aromatic ring is 1. The van der Waals surface area contributed by atoms with E-state index in [4.69, 9.17) is 28.5 Å². The minimum atomic E-state index is -1.02. The van der Waals surface area contributed by atoms with Crippen LogP contribution in [-0.2, 0) is 4.74 Å². The number of halogens is 1. The molecule has 1 aliphatic heterocycles. The number of nitrogens with zero attached hydrogens (tertiary/aromatic N) is 3. The van der Waals surface area contributed by atoms with E-state index in [1.165, 1.54) is 6.33 Å². The van der Waals surface area contributed by atoms with Crippen LogP contribution in [0.15, 0.2) is 12.5 Å². The first-order valence-electron chi connectivity index (χ1n) is 6.06. The topological polar surface area (TPSA) is 86.2 Å². The van der Waals surface area contributed by atoms with Crippen molar-refractivity contribution in [2.45, 2.75) is 31.3 Å². The normalized spacial score (nSPS) is 29.7. The summed E-state index contributed by atoms with van der Waals surface area (Å²) in [6, 6.07) is 0. The summed E-state index contributed by atoms with van der Waals surface area (Å²) in [5.41, 5.74) is 5.34. The first-order valence-corrected chi connectivity index (χ1v) is 6.44. The lowest BCUT2D eigenvalue weighted by Gasteiger charge is -2.21. The maximum Gasteiger partial charge on any atom is 0.154 e. The Hall–Kier alpha value is -1.81. The van der Waals surface area contributed by atoms with Gasteiger partial charge in [0, 0.05) is 12.6 Å². The van der Waals surface area contributed by atoms with Gasteiger partial charge in [-0.05, 0) is 6.92 Å². The molecule has 1 saturated heterocycles. The van der Waals surface area contributed by atoms with Crippen molar-refractivity contribution in [3.05, 3.63) is 17.5 Å². The van der Waals surface area contributed by atoms with Gasteiger partial charge in [0.1, 0.15) is 24.0 Å². The number of aliphatic hydroxyl groups excluding tert-OH is 1. The summed E-state index contributed by atoms with van der Waals surface area (Å²) in [6.07, 6.45) is 7.59. The highest BCUT2D eigenvalue weighted by atomic mass is 35.5. The monoisotopic (exact) mass is 292 g/mol. The van der Waals surface area contributed by atoms with E-state index in [9.17, 15) is 5.11 Å². The van der Waals surface area contributed by atoms with Crippen molar-refractivity contribution in [2.24, 2.45) is 0 Å². The molecule has 0 spiro atoms. The lowest BCUT2D eigenvalue weighted by molar-refractivity contribution is -0.0511. The van der Waals surface area contributed by atoms with Gasteiger partial charge in [0.15, 0.2) is 5.60 Å². The summed E-state index contributed by atoms with van der Waals surface area (Å²) in [5, 5.41) is 11.0. The Balaban J connectivity index is 2.10. The van der Waals surface area contributed by atoms with Crippen LogP contribution in [0.1, 0.15) is 19.6 Å². The largest absolute Gasteiger partial charge is 0.389 e. The SMILES string of the molecule is C#C[C@@]1(C)O[C@@H](n2cc(Cl)c3c(N)ncnc32)C[C@@H]1O. The minimum absolute atomic E-state index is 0.303. The minimum Gasteiger partial charge on any atom is -0.389 e. The zero-order valence-corrected chi connectivity index (χ0v) is 11.5. The number of fused-ring (bicyclic) bond motifs is 1. The molecule has 2 aromatic rings. The molecular formula is C13H13ClN4O2. The molecule has 104 valence electrons. The number of hydrogen-bond donors (Lipinski definition) is 2. The van der Waals surface area contributed by atoms with Crippen LogP contribution in [-0.4, -0.2) is 31.3 Å². The van der Waals surface area contributed by atoms with Crippen LogP contribution >= 0.6 is 11.6 Å². The number of anilines is 1. The third kappa shape index (κ3) is 1.75. The molecular weight excluding hydrogens is 280 g/mol. The molecule has 0 saturated carbocycles. The second-order valence-corrected chi connectivity index (χ2v) is 5.32. The van der Waals surface area contributed by atoms with Crippen molar-refractivity contribution in [3.8, 4) is 12.3 Å². The van der Waals surface area contributed by atoms with Crippen molar-refractivity contribution in [3.63, 3.8) is 0 Å². The van der Waals surface area contributed by atoms with Crippen LogP contribution in [0.25, 0.3) is 11.0 Å². The smallest absolute Gasteiger partial charge is 0.154 e. The van der Waals surface area contributed by atoms with Gasteiger partial charge in [-0.1, -0.05) is 17.5 Å². The summed E-state index contributed by atoms with van der Waals surface area (Å²) >= 11 is 6.16. The van der Waals surface area contributed by atoms with Crippen LogP contribution in [0.5, 0.6) is 0 Å². The Bertz CT molecular complexity index is 723. The van der Waals surface area contributed by atoms with Crippen LogP contribution in [0.2, 0.25) is 5.02 Å². The van der Waals surface area contributed by atoms with E-state index in [1.54, 1.807) is 17.7 Å². The molecule has 0 radical (unpaired) electrons. The van der Waals surface area contributed by atoms with Gasteiger partial charge in [0.25, 0.3) is 0 Å². The predicted molar refractivity (Wildman–Crippen MR) is 74.9 cm³/mol. The van der Waals surface area contributed by atoms with Crippen LogP contribution in [0, 0.1) is 12.3 Å². The Morgan fingerprint density at radius 2 is 2.40 bits per heavy atom. The van der Waals surface area contributed by atoms with Gasteiger partial charge in [0.2, 0.25) is 0 Å². The summed E-state index contributed by atoms with van der Waals surface area (Å²) in [5.74, 6) is 2.78. The van der Waals surface area contributed by atoms with Gasteiger partial charge < -0.3 is 20.1 Å². The highest BCUT2D eigenvalue weighted by Gasteiger charge is 2.44. The molecule has 0 bridgehead atoms. The maximum absolute atomic E-state index is 10.0. The number of nitrogens with two attached hydrogens (primary N) is 1. The van der Waals surface area contributed by atoms with Gasteiger partial charge in [0.05, 0.1) is 16.5 Å². The van der Waals surface area contributed by atoms with Crippen molar-refractivity contribution < 1.29 is 9.84 Å². The average molecular weight is 293 g/mol. The molecule has 3 N–H and O–H groups in total. The zero-order valence-electron chi connectivity index (χ0n) is 10.7. The van der Waals surface area contributed by atoms with E-state index in [2.05, 4.69) is 15.9 Å². The number of terminal acetylenes is 1. The van der Waals surface area contributed by atoms with E-state index in [0.717, 1.165) is 0 Å². The lowest BCUT2D eigenvalue weighted by Crippen LogP contribution is -2.33. The van der Waals surface area contributed by atoms with Crippen LogP contribution in [0.4, 0.5) is 5.82 Å². The molecule has 0 unspecified atom stereocenters. The number of aromatic nitrogens is 3. The van der Waals surface area contributed by atoms with Gasteiger partial charge >= 0.3 is 0 Å². The third-order valence-corrected chi connectivity index (χ3v) is 3.92. The fourth-order valence-corrected chi connectivity index (χ4v) is 2.69. The molecule has 1 fully saturated rings. The van der Waals surface area contributed by atoms with Crippen molar-refractivity contribution >= 4 is 28.5 Å². The van der Waals surface area contributed by atoms with Crippen LogP contribution < -0.4 is 5.73 Å². The van der Waals surface area contributed by atoms with Crippen LogP contribution in [0.3, 0.4) is 0 Å². The highest BCUT2D eigenvalue weighted by molar-refractivity contribution is 6.36. The number of ether oxygens (including phenoxy) is 1. The number of hydrogen-bond acceptors (Lipinski definition) is 5. The van der Waals surface area contributed by atoms with Gasteiger partial charge in [-0.3, -0.25) is 0 Å². The molecule has 2 aromatic heterocycles. The van der Waals surface area contributed by atoms with Crippen molar-refractivity contribution in [1.82, 2.24) is 14.5 Å². The Morgan fingerprint density at radius 1 is 1.65 bits per heavy atom. The Labute approximate surface area is 120 Å².